The van der Waals surface area contributed by atoms with Gasteiger partial charge in [-0.2, -0.15) is 5.10 Å². The highest BCUT2D eigenvalue weighted by Gasteiger charge is 2.30. The molecule has 3 aromatic rings. The fourth-order valence-electron chi connectivity index (χ4n) is 4.66. The van der Waals surface area contributed by atoms with Gasteiger partial charge in [-0.3, -0.25) is 9.59 Å². The van der Waals surface area contributed by atoms with Gasteiger partial charge in [0.15, 0.2) is 11.5 Å². The summed E-state index contributed by atoms with van der Waals surface area (Å²) in [5.74, 6) is -1.49. The minimum atomic E-state index is -1.01. The topological polar surface area (TPSA) is 142 Å². The van der Waals surface area contributed by atoms with Crippen molar-refractivity contribution in [3.8, 4) is 17.2 Å². The number of hydrogen-bond acceptors (Lipinski definition) is 10. The molecule has 2 N–H and O–H groups in total. The Bertz CT molecular complexity index is 1560. The lowest BCUT2D eigenvalue weighted by atomic mass is 9.88. The van der Waals surface area contributed by atoms with Gasteiger partial charge in [0.2, 0.25) is 0 Å². The van der Waals surface area contributed by atoms with Crippen LogP contribution in [-0.4, -0.2) is 50.3 Å². The molecule has 0 aliphatic heterocycles. The first-order chi connectivity index (χ1) is 21.7. The van der Waals surface area contributed by atoms with Crippen molar-refractivity contribution in [2.75, 3.05) is 25.6 Å². The maximum Gasteiger partial charge on any atom is 0.343 e. The summed E-state index contributed by atoms with van der Waals surface area (Å²) in [7, 11) is 1.43. The predicted octanol–water partition coefficient (Wildman–Crippen LogP) is 5.55. The number of hydrogen-bond donors (Lipinski definition) is 2. The Morgan fingerprint density at radius 2 is 1.80 bits per heavy atom. The third kappa shape index (κ3) is 8.69. The number of methoxy groups -OCH3 is 1. The molecule has 0 fully saturated rings. The fourth-order valence-corrected chi connectivity index (χ4v) is 6.06. The number of esters is 2. The summed E-state index contributed by atoms with van der Waals surface area (Å²) in [5, 5.41) is 6.72. The van der Waals surface area contributed by atoms with Crippen molar-refractivity contribution in [3.05, 3.63) is 69.6 Å². The second-order valence-electron chi connectivity index (χ2n) is 10.5. The van der Waals surface area contributed by atoms with Gasteiger partial charge in [0.1, 0.15) is 10.8 Å². The Hall–Kier alpha value is -4.71. The van der Waals surface area contributed by atoms with Gasteiger partial charge in [-0.1, -0.05) is 20.3 Å². The van der Waals surface area contributed by atoms with Crippen molar-refractivity contribution in [1.29, 1.82) is 0 Å². The Balaban J connectivity index is 1.36. The molecule has 1 aromatic heterocycles. The lowest BCUT2D eigenvalue weighted by molar-refractivity contribution is -0.136. The van der Waals surface area contributed by atoms with Crippen LogP contribution in [0.1, 0.15) is 76.8 Å². The number of unbranched alkanes of at least 4 members (excludes halogenated alkanes) is 1. The molecule has 2 amide bonds. The fraction of sp³-hybridized carbons (Fsp3) is 0.364. The van der Waals surface area contributed by atoms with Crippen LogP contribution in [0.25, 0.3) is 0 Å². The van der Waals surface area contributed by atoms with E-state index in [1.54, 1.807) is 43.3 Å². The highest BCUT2D eigenvalue weighted by Crippen LogP contribution is 2.40. The second-order valence-corrected chi connectivity index (χ2v) is 11.6. The van der Waals surface area contributed by atoms with E-state index >= 15 is 0 Å². The Morgan fingerprint density at radius 3 is 2.51 bits per heavy atom. The molecular weight excluding hydrogens is 598 g/mol. The normalized spacial score (nSPS) is 13.9. The number of ether oxygens (including phenoxy) is 4. The van der Waals surface area contributed by atoms with Crippen LogP contribution in [-0.2, 0) is 27.2 Å². The number of rotatable bonds is 12. The first-order valence-electron chi connectivity index (χ1n) is 14.8. The van der Waals surface area contributed by atoms with E-state index in [1.807, 2.05) is 0 Å². The van der Waals surface area contributed by atoms with E-state index in [2.05, 4.69) is 29.7 Å². The Morgan fingerprint density at radius 1 is 1.02 bits per heavy atom. The zero-order valence-electron chi connectivity index (χ0n) is 25.8. The zero-order valence-corrected chi connectivity index (χ0v) is 26.6. The SMILES string of the molecule is CCCCOc1ccc(C(=O)Oc2ccc(/C=N\NC(=O)C(=O)Nc3sc4c(c3C(=O)OCC)CC[C@H](C)C4)cc2OC)cc1. The van der Waals surface area contributed by atoms with E-state index in [1.165, 1.54) is 30.7 Å². The summed E-state index contributed by atoms with van der Waals surface area (Å²) in [6.07, 6.45) is 5.71. The number of nitrogens with zero attached hydrogens (tertiary/aromatic N) is 1. The number of amides is 2. The number of carbonyl (C=O) groups excluding carboxylic acids is 4. The molecule has 4 rings (SSSR count). The Labute approximate surface area is 265 Å². The highest BCUT2D eigenvalue weighted by atomic mass is 32.1. The molecule has 238 valence electrons. The van der Waals surface area contributed by atoms with Crippen LogP contribution in [0.15, 0.2) is 47.6 Å². The van der Waals surface area contributed by atoms with Gasteiger partial charge in [0, 0.05) is 4.88 Å². The van der Waals surface area contributed by atoms with Crippen molar-refractivity contribution in [3.63, 3.8) is 0 Å². The number of fused-ring (bicyclic) bond motifs is 1. The molecule has 1 aliphatic rings. The van der Waals surface area contributed by atoms with Crippen molar-refractivity contribution in [2.24, 2.45) is 11.0 Å². The molecule has 45 heavy (non-hydrogen) atoms. The molecule has 11 nitrogen and oxygen atoms in total. The van der Waals surface area contributed by atoms with E-state index in [0.29, 0.717) is 46.4 Å². The van der Waals surface area contributed by atoms with Crippen LogP contribution in [0.2, 0.25) is 0 Å². The van der Waals surface area contributed by atoms with Gasteiger partial charge in [0.25, 0.3) is 0 Å². The van der Waals surface area contributed by atoms with Gasteiger partial charge in [-0.15, -0.1) is 11.3 Å². The lowest BCUT2D eigenvalue weighted by Crippen LogP contribution is -2.32. The van der Waals surface area contributed by atoms with Crippen LogP contribution in [0.3, 0.4) is 0 Å². The van der Waals surface area contributed by atoms with Gasteiger partial charge in [-0.25, -0.2) is 15.0 Å². The number of benzene rings is 2. The summed E-state index contributed by atoms with van der Waals surface area (Å²) in [4.78, 5) is 51.6. The van der Waals surface area contributed by atoms with E-state index in [-0.39, 0.29) is 18.1 Å². The molecule has 0 unspecified atom stereocenters. The van der Waals surface area contributed by atoms with Crippen molar-refractivity contribution in [2.45, 2.75) is 52.9 Å². The van der Waals surface area contributed by atoms with E-state index in [9.17, 15) is 19.2 Å². The number of thiophene rings is 1. The summed E-state index contributed by atoms with van der Waals surface area (Å²) < 4.78 is 21.7. The van der Waals surface area contributed by atoms with E-state index in [4.69, 9.17) is 18.9 Å². The quantitative estimate of drug-likeness (QED) is 0.0660. The first-order valence-corrected chi connectivity index (χ1v) is 15.6. The molecule has 1 aliphatic carbocycles. The number of carbonyl (C=O) groups is 4. The van der Waals surface area contributed by atoms with Gasteiger partial charge in [0.05, 0.1) is 37.7 Å². The standard InChI is InChI=1S/C33H37N3O8S/c1-5-7-16-43-23-12-10-22(11-13-23)32(39)44-25-15-9-21(18-26(25)41-4)19-34-36-30(38)29(37)35-31-28(33(40)42-6-2)24-14-8-20(3)17-27(24)45-31/h9-13,15,18-20H,5-8,14,16-17H2,1-4H3,(H,35,37)(H,36,38)/b34-19-/t20-/m0/s1. The molecule has 1 atom stereocenters. The molecule has 1 heterocycles. The maximum absolute atomic E-state index is 12.7. The molecule has 2 aromatic carbocycles. The number of anilines is 1. The summed E-state index contributed by atoms with van der Waals surface area (Å²) in [5.41, 5.74) is 4.23. The molecule has 0 radical (unpaired) electrons. The number of nitrogens with one attached hydrogen (secondary N) is 2. The smallest absolute Gasteiger partial charge is 0.343 e. The lowest BCUT2D eigenvalue weighted by Gasteiger charge is -2.18. The van der Waals surface area contributed by atoms with Gasteiger partial charge >= 0.3 is 23.8 Å². The van der Waals surface area contributed by atoms with E-state index < -0.39 is 23.8 Å². The predicted molar refractivity (Wildman–Crippen MR) is 171 cm³/mol. The first kappa shape index (κ1) is 33.2. The highest BCUT2D eigenvalue weighted by molar-refractivity contribution is 7.17. The molecule has 0 saturated heterocycles. The summed E-state index contributed by atoms with van der Waals surface area (Å²) in [6, 6.07) is 11.4. The Kier molecular flexibility index (Phi) is 11.7. The minimum Gasteiger partial charge on any atom is -0.494 e. The van der Waals surface area contributed by atoms with Crippen molar-refractivity contribution < 1.29 is 38.1 Å². The average molecular weight is 636 g/mol. The van der Waals surface area contributed by atoms with Crippen LogP contribution in [0, 0.1) is 5.92 Å². The number of hydrazone groups is 1. The third-order valence-corrected chi connectivity index (χ3v) is 8.22. The molecule has 0 saturated carbocycles. The zero-order chi connectivity index (χ0) is 32.3. The van der Waals surface area contributed by atoms with Crippen molar-refractivity contribution >= 4 is 46.3 Å². The van der Waals surface area contributed by atoms with Crippen LogP contribution >= 0.6 is 11.3 Å². The molecule has 0 bridgehead atoms. The minimum absolute atomic E-state index is 0.191. The van der Waals surface area contributed by atoms with Crippen molar-refractivity contribution in [1.82, 2.24) is 5.43 Å². The van der Waals surface area contributed by atoms with Gasteiger partial charge in [-0.05, 0) is 92.1 Å². The largest absolute Gasteiger partial charge is 0.494 e. The van der Waals surface area contributed by atoms with Crippen LogP contribution in [0.5, 0.6) is 17.2 Å². The summed E-state index contributed by atoms with van der Waals surface area (Å²) >= 11 is 1.29. The van der Waals surface area contributed by atoms with Gasteiger partial charge < -0.3 is 24.3 Å². The molecular formula is C33H37N3O8S. The van der Waals surface area contributed by atoms with Crippen LogP contribution in [0.4, 0.5) is 5.00 Å². The molecule has 12 heteroatoms. The third-order valence-electron chi connectivity index (χ3n) is 7.05. The monoisotopic (exact) mass is 635 g/mol. The average Bonchev–Trinajstić information content (AvgIpc) is 3.38. The maximum atomic E-state index is 12.7. The van der Waals surface area contributed by atoms with Crippen LogP contribution < -0.4 is 25.0 Å². The summed E-state index contributed by atoms with van der Waals surface area (Å²) in [6.45, 7) is 6.73. The second kappa shape index (κ2) is 15.8. The molecule has 0 spiro atoms. The van der Waals surface area contributed by atoms with E-state index in [0.717, 1.165) is 36.1 Å².